The van der Waals surface area contributed by atoms with Crippen molar-refractivity contribution >= 4 is 11.6 Å². The fraction of sp³-hybridized carbons (Fsp3) is 0.462. The predicted octanol–water partition coefficient (Wildman–Crippen LogP) is 1.06. The summed E-state index contributed by atoms with van der Waals surface area (Å²) in [4.78, 5) is 15.5. The van der Waals surface area contributed by atoms with Crippen molar-refractivity contribution < 1.29 is 4.79 Å². The highest BCUT2D eigenvalue weighted by molar-refractivity contribution is 5.84. The molecule has 1 aromatic carbocycles. The molecule has 0 aliphatic heterocycles. The SMILES string of the molecule is CC(C(=O)N(C)C)N(C)c1ccccc1CN. The minimum atomic E-state index is -0.197. The number of para-hydroxylation sites is 1. The first-order valence-electron chi connectivity index (χ1n) is 5.71. The lowest BCUT2D eigenvalue weighted by Gasteiger charge is -2.29. The van der Waals surface area contributed by atoms with E-state index in [1.54, 1.807) is 19.0 Å². The van der Waals surface area contributed by atoms with Crippen LogP contribution in [0.15, 0.2) is 24.3 Å². The molecule has 1 unspecified atom stereocenters. The molecule has 17 heavy (non-hydrogen) atoms. The number of hydrogen-bond acceptors (Lipinski definition) is 3. The number of hydrogen-bond donors (Lipinski definition) is 1. The second-order valence-corrected chi connectivity index (χ2v) is 4.35. The molecule has 0 aromatic heterocycles. The first-order chi connectivity index (χ1) is 7.99. The topological polar surface area (TPSA) is 49.6 Å². The van der Waals surface area contributed by atoms with Crippen LogP contribution < -0.4 is 10.6 Å². The average molecular weight is 235 g/mol. The van der Waals surface area contributed by atoms with Crippen molar-refractivity contribution in [2.24, 2.45) is 5.73 Å². The number of amides is 1. The number of benzene rings is 1. The Hall–Kier alpha value is -1.55. The van der Waals surface area contributed by atoms with Crippen molar-refractivity contribution in [3.63, 3.8) is 0 Å². The Morgan fingerprint density at radius 1 is 1.29 bits per heavy atom. The van der Waals surface area contributed by atoms with Gasteiger partial charge in [0.15, 0.2) is 0 Å². The van der Waals surface area contributed by atoms with Crippen LogP contribution in [0.4, 0.5) is 5.69 Å². The average Bonchev–Trinajstić information content (AvgIpc) is 2.35. The zero-order valence-electron chi connectivity index (χ0n) is 11.0. The van der Waals surface area contributed by atoms with E-state index in [-0.39, 0.29) is 11.9 Å². The third-order valence-corrected chi connectivity index (χ3v) is 2.97. The highest BCUT2D eigenvalue weighted by atomic mass is 16.2. The van der Waals surface area contributed by atoms with Gasteiger partial charge in [0.25, 0.3) is 0 Å². The first kappa shape index (κ1) is 13.5. The number of likely N-dealkylation sites (N-methyl/N-ethyl adjacent to an activating group) is 2. The summed E-state index contributed by atoms with van der Waals surface area (Å²) in [6.45, 7) is 2.37. The molecule has 4 nitrogen and oxygen atoms in total. The fourth-order valence-corrected chi connectivity index (χ4v) is 1.78. The van der Waals surface area contributed by atoms with E-state index in [0.29, 0.717) is 6.54 Å². The predicted molar refractivity (Wildman–Crippen MR) is 70.9 cm³/mol. The molecule has 0 bridgehead atoms. The number of rotatable bonds is 4. The molecule has 0 aliphatic rings. The summed E-state index contributed by atoms with van der Waals surface area (Å²) in [5.41, 5.74) is 7.76. The van der Waals surface area contributed by atoms with Crippen molar-refractivity contribution in [2.45, 2.75) is 19.5 Å². The van der Waals surface area contributed by atoms with E-state index in [0.717, 1.165) is 11.3 Å². The van der Waals surface area contributed by atoms with Crippen molar-refractivity contribution in [3.05, 3.63) is 29.8 Å². The van der Waals surface area contributed by atoms with Crippen LogP contribution in [-0.4, -0.2) is 38.0 Å². The fourth-order valence-electron chi connectivity index (χ4n) is 1.78. The number of carbonyl (C=O) groups excluding carboxylic acids is 1. The van der Waals surface area contributed by atoms with Gasteiger partial charge in [-0.1, -0.05) is 18.2 Å². The van der Waals surface area contributed by atoms with Crippen molar-refractivity contribution in [2.75, 3.05) is 26.0 Å². The number of anilines is 1. The molecule has 1 atom stereocenters. The highest BCUT2D eigenvalue weighted by Crippen LogP contribution is 2.20. The molecule has 0 radical (unpaired) electrons. The van der Waals surface area contributed by atoms with E-state index >= 15 is 0 Å². The van der Waals surface area contributed by atoms with E-state index in [1.165, 1.54) is 0 Å². The molecule has 2 N–H and O–H groups in total. The maximum Gasteiger partial charge on any atom is 0.244 e. The zero-order valence-corrected chi connectivity index (χ0v) is 11.0. The van der Waals surface area contributed by atoms with Crippen molar-refractivity contribution in [1.82, 2.24) is 4.90 Å². The van der Waals surface area contributed by atoms with Crippen molar-refractivity contribution in [1.29, 1.82) is 0 Å². The van der Waals surface area contributed by atoms with E-state index < -0.39 is 0 Å². The van der Waals surface area contributed by atoms with Gasteiger partial charge in [0.05, 0.1) is 0 Å². The standard InChI is InChI=1S/C13H21N3O/c1-10(13(17)15(2)3)16(4)12-8-6-5-7-11(12)9-14/h5-8,10H,9,14H2,1-4H3. The van der Waals surface area contributed by atoms with Crippen LogP contribution in [0.5, 0.6) is 0 Å². The quantitative estimate of drug-likeness (QED) is 0.849. The molecule has 0 spiro atoms. The molecule has 0 saturated carbocycles. The van der Waals surface area contributed by atoms with Gasteiger partial charge in [-0.05, 0) is 18.6 Å². The lowest BCUT2D eigenvalue weighted by Crippen LogP contribution is -2.43. The van der Waals surface area contributed by atoms with Gasteiger partial charge < -0.3 is 15.5 Å². The molecule has 1 aromatic rings. The Labute approximate surface area is 103 Å². The normalized spacial score (nSPS) is 12.1. The smallest absolute Gasteiger partial charge is 0.244 e. The summed E-state index contributed by atoms with van der Waals surface area (Å²) in [6, 6.07) is 7.69. The minimum absolute atomic E-state index is 0.0827. The van der Waals surface area contributed by atoms with Crippen LogP contribution >= 0.6 is 0 Å². The van der Waals surface area contributed by atoms with Gasteiger partial charge in [0.2, 0.25) is 5.91 Å². The number of nitrogens with zero attached hydrogens (tertiary/aromatic N) is 2. The van der Waals surface area contributed by atoms with Gasteiger partial charge in [0.1, 0.15) is 6.04 Å². The summed E-state index contributed by atoms with van der Waals surface area (Å²) in [7, 11) is 5.45. The Morgan fingerprint density at radius 3 is 2.41 bits per heavy atom. The Bertz CT molecular complexity index is 390. The first-order valence-corrected chi connectivity index (χ1v) is 5.71. The minimum Gasteiger partial charge on any atom is -0.363 e. The Morgan fingerprint density at radius 2 is 1.88 bits per heavy atom. The zero-order chi connectivity index (χ0) is 13.0. The highest BCUT2D eigenvalue weighted by Gasteiger charge is 2.21. The lowest BCUT2D eigenvalue weighted by atomic mass is 10.1. The van der Waals surface area contributed by atoms with Crippen LogP contribution in [0.3, 0.4) is 0 Å². The lowest BCUT2D eigenvalue weighted by molar-refractivity contribution is -0.129. The molecular weight excluding hydrogens is 214 g/mol. The second kappa shape index (κ2) is 5.68. The van der Waals surface area contributed by atoms with Crippen LogP contribution in [0.1, 0.15) is 12.5 Å². The molecule has 0 fully saturated rings. The summed E-state index contributed by atoms with van der Waals surface area (Å²) < 4.78 is 0. The number of carbonyl (C=O) groups is 1. The summed E-state index contributed by atoms with van der Waals surface area (Å²) in [6.07, 6.45) is 0. The van der Waals surface area contributed by atoms with Gasteiger partial charge in [-0.25, -0.2) is 0 Å². The summed E-state index contributed by atoms with van der Waals surface area (Å²) in [5.74, 6) is 0.0827. The third kappa shape index (κ3) is 2.97. The van der Waals surface area contributed by atoms with Crippen LogP contribution in [-0.2, 0) is 11.3 Å². The summed E-state index contributed by atoms with van der Waals surface area (Å²) >= 11 is 0. The van der Waals surface area contributed by atoms with E-state index in [2.05, 4.69) is 0 Å². The van der Waals surface area contributed by atoms with Gasteiger partial charge in [0, 0.05) is 33.4 Å². The van der Waals surface area contributed by atoms with Gasteiger partial charge >= 0.3 is 0 Å². The van der Waals surface area contributed by atoms with Gasteiger partial charge in [-0.15, -0.1) is 0 Å². The van der Waals surface area contributed by atoms with Crippen molar-refractivity contribution in [3.8, 4) is 0 Å². The molecule has 0 heterocycles. The van der Waals surface area contributed by atoms with Gasteiger partial charge in [-0.3, -0.25) is 4.79 Å². The van der Waals surface area contributed by atoms with E-state index in [9.17, 15) is 4.79 Å². The maximum atomic E-state index is 11.9. The molecule has 4 heteroatoms. The molecule has 94 valence electrons. The van der Waals surface area contributed by atoms with Crippen LogP contribution in [0.2, 0.25) is 0 Å². The Kier molecular flexibility index (Phi) is 4.52. The molecule has 1 rings (SSSR count). The molecule has 0 saturated heterocycles. The largest absolute Gasteiger partial charge is 0.363 e. The molecule has 1 amide bonds. The van der Waals surface area contributed by atoms with Gasteiger partial charge in [-0.2, -0.15) is 0 Å². The Balaban J connectivity index is 2.96. The maximum absolute atomic E-state index is 11.9. The third-order valence-electron chi connectivity index (χ3n) is 2.97. The second-order valence-electron chi connectivity index (χ2n) is 4.35. The monoisotopic (exact) mass is 235 g/mol. The number of nitrogens with two attached hydrogens (primary N) is 1. The van der Waals surface area contributed by atoms with E-state index in [1.807, 2.05) is 43.1 Å². The molecule has 0 aliphatic carbocycles. The van der Waals surface area contributed by atoms with E-state index in [4.69, 9.17) is 5.73 Å². The summed E-state index contributed by atoms with van der Waals surface area (Å²) in [5, 5.41) is 0. The van der Waals surface area contributed by atoms with Crippen LogP contribution in [0.25, 0.3) is 0 Å². The molecular formula is C13H21N3O. The van der Waals surface area contributed by atoms with Crippen LogP contribution in [0, 0.1) is 0 Å².